The van der Waals surface area contributed by atoms with E-state index < -0.39 is 6.86 Å². The molecule has 0 aromatic rings. The molecular formula is C3H7Cl2NSi. The second kappa shape index (κ2) is 2.72. The fourth-order valence-electron chi connectivity index (χ4n) is 0.102. The third-order valence-electron chi connectivity index (χ3n) is 0.590. The van der Waals surface area contributed by atoms with E-state index in [1.807, 2.05) is 0 Å². The fourth-order valence-corrected chi connectivity index (χ4v) is 0.306. The SMILES string of the molecule is C=C[Si](Cl)(Cl)NC. The first-order chi connectivity index (χ1) is 3.12. The van der Waals surface area contributed by atoms with Gasteiger partial charge in [0.05, 0.1) is 0 Å². The highest BCUT2D eigenvalue weighted by Crippen LogP contribution is 2.08. The van der Waals surface area contributed by atoms with Crippen LogP contribution in [0.3, 0.4) is 0 Å². The molecule has 7 heavy (non-hydrogen) atoms. The molecule has 0 heterocycles. The predicted octanol–water partition coefficient (Wildman–Crippen LogP) is 1.35. The zero-order chi connectivity index (χ0) is 5.91. The van der Waals surface area contributed by atoms with Crippen molar-refractivity contribution in [1.82, 2.24) is 4.98 Å². The molecule has 0 spiro atoms. The highest BCUT2D eigenvalue weighted by Gasteiger charge is 2.19. The van der Waals surface area contributed by atoms with Crippen molar-refractivity contribution in [3.05, 3.63) is 12.3 Å². The minimum absolute atomic E-state index is 1.55. The molecule has 0 aromatic carbocycles. The van der Waals surface area contributed by atoms with Crippen LogP contribution in [0.2, 0.25) is 0 Å². The summed E-state index contributed by atoms with van der Waals surface area (Å²) in [6.45, 7) is 1.25. The molecule has 0 bridgehead atoms. The van der Waals surface area contributed by atoms with Crippen molar-refractivity contribution < 1.29 is 0 Å². The van der Waals surface area contributed by atoms with E-state index in [0.29, 0.717) is 0 Å². The summed E-state index contributed by atoms with van der Waals surface area (Å²) in [6.07, 6.45) is 0. The van der Waals surface area contributed by atoms with E-state index in [1.165, 1.54) is 0 Å². The Bertz CT molecular complexity index is 73.3. The summed E-state index contributed by atoms with van der Waals surface area (Å²) in [4.78, 5) is 2.74. The van der Waals surface area contributed by atoms with E-state index >= 15 is 0 Å². The van der Waals surface area contributed by atoms with Crippen LogP contribution in [-0.2, 0) is 0 Å². The number of rotatable bonds is 2. The highest BCUT2D eigenvalue weighted by molar-refractivity contribution is 7.46. The summed E-state index contributed by atoms with van der Waals surface area (Å²) >= 11 is 11.2. The molecule has 4 heteroatoms. The van der Waals surface area contributed by atoms with Crippen molar-refractivity contribution in [2.75, 3.05) is 7.05 Å². The molecule has 0 fully saturated rings. The molecule has 0 atom stereocenters. The van der Waals surface area contributed by atoms with E-state index in [9.17, 15) is 0 Å². The molecule has 42 valence electrons. The van der Waals surface area contributed by atoms with Crippen LogP contribution in [0.4, 0.5) is 0 Å². The number of nitrogens with one attached hydrogen (secondary N) is 1. The standard InChI is InChI=1S/C3H7Cl2NSi/c1-3-7(4,5)6-2/h3,6H,1H2,2H3. The average Bonchev–Trinajstić information content (AvgIpc) is 1.68. The molecule has 0 rings (SSSR count). The zero-order valence-electron chi connectivity index (χ0n) is 4.04. The number of hydrogen-bond acceptors (Lipinski definition) is 1. The Morgan fingerprint density at radius 3 is 2.14 bits per heavy atom. The Labute approximate surface area is 53.8 Å². The monoisotopic (exact) mass is 155 g/mol. The second-order valence-corrected chi connectivity index (χ2v) is 7.39. The van der Waals surface area contributed by atoms with E-state index in [-0.39, 0.29) is 0 Å². The van der Waals surface area contributed by atoms with E-state index in [0.717, 1.165) is 0 Å². The summed E-state index contributed by atoms with van der Waals surface area (Å²) in [5.74, 6) is 0. The van der Waals surface area contributed by atoms with Gasteiger partial charge >= 0.3 is 6.86 Å². The van der Waals surface area contributed by atoms with Crippen LogP contribution in [0.1, 0.15) is 0 Å². The van der Waals surface area contributed by atoms with Gasteiger partial charge in [0.15, 0.2) is 0 Å². The van der Waals surface area contributed by atoms with Gasteiger partial charge in [0.1, 0.15) is 0 Å². The summed E-state index contributed by atoms with van der Waals surface area (Å²) < 4.78 is 0. The smallest absolute Gasteiger partial charge is 0.313 e. The lowest BCUT2D eigenvalue weighted by Crippen LogP contribution is -2.34. The minimum atomic E-state index is -2.19. The van der Waals surface area contributed by atoms with Gasteiger partial charge in [-0.25, -0.2) is 0 Å². The molecule has 0 aliphatic carbocycles. The molecular weight excluding hydrogens is 149 g/mol. The Morgan fingerprint density at radius 2 is 2.14 bits per heavy atom. The molecule has 0 radical (unpaired) electrons. The molecule has 0 unspecified atom stereocenters. The maximum Gasteiger partial charge on any atom is 0.346 e. The molecule has 0 saturated heterocycles. The largest absolute Gasteiger partial charge is 0.346 e. The fraction of sp³-hybridized carbons (Fsp3) is 0.333. The van der Waals surface area contributed by atoms with Gasteiger partial charge in [-0.2, -0.15) is 0 Å². The third kappa shape index (κ3) is 3.11. The summed E-state index contributed by atoms with van der Waals surface area (Å²) in [6, 6.07) is 0. The van der Waals surface area contributed by atoms with Gasteiger partial charge in [-0.1, -0.05) is 5.70 Å². The van der Waals surface area contributed by atoms with Crippen LogP contribution in [0.5, 0.6) is 0 Å². The Hall–Kier alpha value is 0.497. The molecule has 0 aromatic heterocycles. The van der Waals surface area contributed by atoms with Crippen molar-refractivity contribution in [2.45, 2.75) is 0 Å². The summed E-state index contributed by atoms with van der Waals surface area (Å²) in [7, 11) is 1.72. The van der Waals surface area contributed by atoms with E-state index in [4.69, 9.17) is 22.2 Å². The lowest BCUT2D eigenvalue weighted by atomic mass is 11.3. The maximum absolute atomic E-state index is 5.58. The van der Waals surface area contributed by atoms with Gasteiger partial charge in [-0.15, -0.1) is 28.7 Å². The van der Waals surface area contributed by atoms with Gasteiger partial charge in [0.2, 0.25) is 0 Å². The molecule has 1 nitrogen and oxygen atoms in total. The first-order valence-corrected chi connectivity index (χ1v) is 5.93. The quantitative estimate of drug-likeness (QED) is 0.470. The van der Waals surface area contributed by atoms with Crippen LogP contribution >= 0.6 is 22.2 Å². The van der Waals surface area contributed by atoms with Crippen molar-refractivity contribution in [3.63, 3.8) is 0 Å². The Balaban J connectivity index is 3.58. The maximum atomic E-state index is 5.58. The molecule has 0 aliphatic heterocycles. The molecule has 0 aliphatic rings. The second-order valence-electron chi connectivity index (χ2n) is 1.08. The lowest BCUT2D eigenvalue weighted by Gasteiger charge is -2.06. The van der Waals surface area contributed by atoms with E-state index in [1.54, 1.807) is 12.7 Å². The lowest BCUT2D eigenvalue weighted by molar-refractivity contribution is 1.24. The third-order valence-corrected chi connectivity index (χ3v) is 3.83. The van der Waals surface area contributed by atoms with Crippen molar-refractivity contribution in [3.8, 4) is 0 Å². The predicted molar refractivity (Wildman–Crippen MR) is 36.7 cm³/mol. The first-order valence-electron chi connectivity index (χ1n) is 1.82. The van der Waals surface area contributed by atoms with Crippen LogP contribution in [-0.4, -0.2) is 13.9 Å². The van der Waals surface area contributed by atoms with Crippen LogP contribution in [0.15, 0.2) is 12.3 Å². The topological polar surface area (TPSA) is 12.0 Å². The molecule has 0 amide bonds. The summed E-state index contributed by atoms with van der Waals surface area (Å²) in [5.41, 5.74) is 1.55. The highest BCUT2D eigenvalue weighted by atomic mass is 35.7. The van der Waals surface area contributed by atoms with Crippen molar-refractivity contribution >= 4 is 29.0 Å². The van der Waals surface area contributed by atoms with Gasteiger partial charge < -0.3 is 4.98 Å². The van der Waals surface area contributed by atoms with Gasteiger partial charge in [0.25, 0.3) is 0 Å². The Kier molecular flexibility index (Phi) is 2.91. The van der Waals surface area contributed by atoms with E-state index in [2.05, 4.69) is 11.6 Å². The van der Waals surface area contributed by atoms with Gasteiger partial charge in [-0.3, -0.25) is 0 Å². The molecule has 1 N–H and O–H groups in total. The minimum Gasteiger partial charge on any atom is -0.313 e. The van der Waals surface area contributed by atoms with Crippen LogP contribution in [0, 0.1) is 0 Å². The van der Waals surface area contributed by atoms with Crippen molar-refractivity contribution in [1.29, 1.82) is 0 Å². The van der Waals surface area contributed by atoms with Gasteiger partial charge in [-0.05, 0) is 7.05 Å². The zero-order valence-corrected chi connectivity index (χ0v) is 6.55. The summed E-state index contributed by atoms with van der Waals surface area (Å²) in [5, 5.41) is 0. The number of halogens is 2. The normalized spacial score (nSPS) is 11.3. The average molecular weight is 156 g/mol. The first kappa shape index (κ1) is 7.50. The van der Waals surface area contributed by atoms with Crippen molar-refractivity contribution in [2.24, 2.45) is 0 Å². The van der Waals surface area contributed by atoms with Crippen LogP contribution < -0.4 is 4.98 Å². The van der Waals surface area contributed by atoms with Gasteiger partial charge in [0, 0.05) is 0 Å². The van der Waals surface area contributed by atoms with Crippen LogP contribution in [0.25, 0.3) is 0 Å². The number of hydrogen-bond donors (Lipinski definition) is 1. The molecule has 0 saturated carbocycles. The Morgan fingerprint density at radius 1 is 1.71 bits per heavy atom.